The molecule has 6 heteroatoms. The van der Waals surface area contributed by atoms with E-state index in [0.29, 0.717) is 36.1 Å². The molecule has 0 saturated heterocycles. The third-order valence-corrected chi connectivity index (χ3v) is 5.05. The molecule has 0 heterocycles. The third kappa shape index (κ3) is 6.17. The average Bonchev–Trinajstić information content (AvgIpc) is 2.80. The van der Waals surface area contributed by atoms with E-state index in [4.69, 9.17) is 14.2 Å². The third-order valence-electron chi connectivity index (χ3n) is 5.05. The number of benzene rings is 3. The molecular formula is C26H30N2O4. The lowest BCUT2D eigenvalue weighted by Crippen LogP contribution is -2.20. The van der Waals surface area contributed by atoms with E-state index >= 15 is 0 Å². The molecule has 1 amide bonds. The molecule has 0 aliphatic heterocycles. The molecule has 0 unspecified atom stereocenters. The molecule has 0 radical (unpaired) electrons. The minimum absolute atomic E-state index is 0.141. The van der Waals surface area contributed by atoms with Crippen molar-refractivity contribution >= 4 is 17.3 Å². The molecule has 0 atom stereocenters. The molecule has 0 aliphatic carbocycles. The van der Waals surface area contributed by atoms with Crippen LogP contribution in [0, 0.1) is 13.8 Å². The van der Waals surface area contributed by atoms with E-state index in [1.54, 1.807) is 19.2 Å². The number of nitrogens with one attached hydrogen (secondary N) is 2. The number of amides is 1. The summed E-state index contributed by atoms with van der Waals surface area (Å²) in [6.45, 7) is 7.12. The van der Waals surface area contributed by atoms with Crippen LogP contribution in [0.3, 0.4) is 0 Å². The van der Waals surface area contributed by atoms with E-state index in [1.165, 1.54) is 11.1 Å². The molecule has 3 rings (SSSR count). The van der Waals surface area contributed by atoms with Gasteiger partial charge in [0.1, 0.15) is 5.75 Å². The number of methoxy groups -OCH3 is 1. The first kappa shape index (κ1) is 23.0. The lowest BCUT2D eigenvalue weighted by Gasteiger charge is -2.15. The van der Waals surface area contributed by atoms with Gasteiger partial charge >= 0.3 is 0 Å². The van der Waals surface area contributed by atoms with Crippen molar-refractivity contribution in [1.82, 2.24) is 0 Å². The normalized spacial score (nSPS) is 10.4. The van der Waals surface area contributed by atoms with Gasteiger partial charge < -0.3 is 24.8 Å². The van der Waals surface area contributed by atoms with Crippen LogP contribution >= 0.6 is 0 Å². The Bertz CT molecular complexity index is 1070. The number of rotatable bonds is 10. The van der Waals surface area contributed by atoms with Gasteiger partial charge in [0.15, 0.2) is 18.1 Å². The van der Waals surface area contributed by atoms with Crippen molar-refractivity contribution in [2.75, 3.05) is 31.0 Å². The maximum Gasteiger partial charge on any atom is 0.262 e. The number of anilines is 2. The number of carbonyl (C=O) groups is 1. The Morgan fingerprint density at radius 3 is 2.44 bits per heavy atom. The van der Waals surface area contributed by atoms with Crippen LogP contribution in [0.15, 0.2) is 60.7 Å². The number of para-hydroxylation sites is 2. The number of aryl methyl sites for hydroxylation is 2. The molecule has 0 aliphatic rings. The highest BCUT2D eigenvalue weighted by Crippen LogP contribution is 2.29. The van der Waals surface area contributed by atoms with Crippen molar-refractivity contribution in [2.45, 2.75) is 27.3 Å². The van der Waals surface area contributed by atoms with Crippen molar-refractivity contribution in [3.8, 4) is 17.2 Å². The van der Waals surface area contributed by atoms with Gasteiger partial charge in [0.2, 0.25) is 0 Å². The number of ether oxygens (including phenoxy) is 3. The van der Waals surface area contributed by atoms with Gasteiger partial charge in [0, 0.05) is 12.2 Å². The molecule has 32 heavy (non-hydrogen) atoms. The number of hydrogen-bond acceptors (Lipinski definition) is 5. The Balaban J connectivity index is 1.62. The fraction of sp³-hybridized carbons (Fsp3) is 0.269. The summed E-state index contributed by atoms with van der Waals surface area (Å²) in [6.07, 6.45) is 0. The van der Waals surface area contributed by atoms with E-state index in [1.807, 2.05) is 37.3 Å². The van der Waals surface area contributed by atoms with Crippen LogP contribution in [0.4, 0.5) is 11.4 Å². The zero-order chi connectivity index (χ0) is 22.9. The molecule has 0 saturated carbocycles. The highest BCUT2D eigenvalue weighted by Gasteiger charge is 2.11. The molecule has 0 spiro atoms. The zero-order valence-electron chi connectivity index (χ0n) is 19.0. The largest absolute Gasteiger partial charge is 0.495 e. The molecule has 2 N–H and O–H groups in total. The smallest absolute Gasteiger partial charge is 0.262 e. The van der Waals surface area contributed by atoms with Gasteiger partial charge in [0.25, 0.3) is 5.91 Å². The van der Waals surface area contributed by atoms with Gasteiger partial charge in [0.05, 0.1) is 19.4 Å². The molecule has 0 aromatic heterocycles. The Morgan fingerprint density at radius 1 is 0.875 bits per heavy atom. The SMILES string of the molecule is CCOc1cc(CNc2ccc(C)c(C)c2)ccc1OCC(=O)Nc1ccccc1OC. The van der Waals surface area contributed by atoms with Crippen LogP contribution in [-0.4, -0.2) is 26.2 Å². The second-order valence-corrected chi connectivity index (χ2v) is 7.40. The minimum atomic E-state index is -0.280. The summed E-state index contributed by atoms with van der Waals surface area (Å²) in [5.41, 5.74) is 5.24. The lowest BCUT2D eigenvalue weighted by molar-refractivity contribution is -0.118. The molecule has 3 aromatic rings. The zero-order valence-corrected chi connectivity index (χ0v) is 19.0. The average molecular weight is 435 g/mol. The first-order valence-corrected chi connectivity index (χ1v) is 10.6. The second-order valence-electron chi connectivity index (χ2n) is 7.40. The van der Waals surface area contributed by atoms with Crippen LogP contribution < -0.4 is 24.8 Å². The molecule has 3 aromatic carbocycles. The van der Waals surface area contributed by atoms with E-state index in [0.717, 1.165) is 11.3 Å². The van der Waals surface area contributed by atoms with Crippen molar-refractivity contribution in [2.24, 2.45) is 0 Å². The van der Waals surface area contributed by atoms with E-state index in [9.17, 15) is 4.79 Å². The fourth-order valence-electron chi connectivity index (χ4n) is 3.18. The Labute approximate surface area is 189 Å². The first-order valence-electron chi connectivity index (χ1n) is 10.6. The highest BCUT2D eigenvalue weighted by molar-refractivity contribution is 5.93. The molecule has 168 valence electrons. The molecule has 6 nitrogen and oxygen atoms in total. The van der Waals surface area contributed by atoms with Gasteiger partial charge in [-0.1, -0.05) is 24.3 Å². The molecule has 0 bridgehead atoms. The Kier molecular flexibility index (Phi) is 7.97. The standard InChI is InChI=1S/C26H30N2O4/c1-5-31-25-15-20(16-27-21-12-10-18(2)19(3)14-21)11-13-24(25)32-17-26(29)28-22-8-6-7-9-23(22)30-4/h6-15,27H,5,16-17H2,1-4H3,(H,28,29). The van der Waals surface area contributed by atoms with E-state index < -0.39 is 0 Å². The van der Waals surface area contributed by atoms with Gasteiger partial charge in [-0.05, 0) is 73.9 Å². The summed E-state index contributed by atoms with van der Waals surface area (Å²) >= 11 is 0. The first-order chi connectivity index (χ1) is 15.5. The maximum absolute atomic E-state index is 12.4. The summed E-state index contributed by atoms with van der Waals surface area (Å²) < 4.78 is 16.8. The summed E-state index contributed by atoms with van der Waals surface area (Å²) in [7, 11) is 1.56. The Hall–Kier alpha value is -3.67. The second kappa shape index (κ2) is 11.1. The van der Waals surface area contributed by atoms with Crippen LogP contribution in [0.5, 0.6) is 17.2 Å². The highest BCUT2D eigenvalue weighted by atomic mass is 16.5. The van der Waals surface area contributed by atoms with E-state index in [-0.39, 0.29) is 12.5 Å². The van der Waals surface area contributed by atoms with Crippen LogP contribution in [0.2, 0.25) is 0 Å². The quantitative estimate of drug-likeness (QED) is 0.451. The lowest BCUT2D eigenvalue weighted by atomic mass is 10.1. The van der Waals surface area contributed by atoms with E-state index in [2.05, 4.69) is 42.7 Å². The van der Waals surface area contributed by atoms with Crippen molar-refractivity contribution in [3.63, 3.8) is 0 Å². The molecule has 0 fully saturated rings. The maximum atomic E-state index is 12.4. The summed E-state index contributed by atoms with van der Waals surface area (Å²) in [6, 6.07) is 19.3. The Morgan fingerprint density at radius 2 is 1.69 bits per heavy atom. The van der Waals surface area contributed by atoms with Gasteiger partial charge in [-0.2, -0.15) is 0 Å². The summed E-state index contributed by atoms with van der Waals surface area (Å²) in [5, 5.41) is 6.24. The molecular weight excluding hydrogens is 404 g/mol. The fourth-order valence-corrected chi connectivity index (χ4v) is 3.18. The summed E-state index contributed by atoms with van der Waals surface area (Å²) in [4.78, 5) is 12.4. The minimum Gasteiger partial charge on any atom is -0.495 e. The predicted molar refractivity (Wildman–Crippen MR) is 128 cm³/mol. The monoisotopic (exact) mass is 434 g/mol. The van der Waals surface area contributed by atoms with Gasteiger partial charge in [-0.3, -0.25) is 4.79 Å². The topological polar surface area (TPSA) is 68.8 Å². The predicted octanol–water partition coefficient (Wildman–Crippen LogP) is 5.34. The summed E-state index contributed by atoms with van der Waals surface area (Å²) in [5.74, 6) is 1.45. The number of hydrogen-bond donors (Lipinski definition) is 2. The van der Waals surface area contributed by atoms with Gasteiger partial charge in [-0.25, -0.2) is 0 Å². The van der Waals surface area contributed by atoms with Crippen LogP contribution in [0.25, 0.3) is 0 Å². The van der Waals surface area contributed by atoms with Crippen molar-refractivity contribution < 1.29 is 19.0 Å². The number of carbonyl (C=O) groups excluding carboxylic acids is 1. The van der Waals surface area contributed by atoms with Crippen LogP contribution in [0.1, 0.15) is 23.6 Å². The van der Waals surface area contributed by atoms with Crippen molar-refractivity contribution in [3.05, 3.63) is 77.4 Å². The van der Waals surface area contributed by atoms with Crippen LogP contribution in [-0.2, 0) is 11.3 Å². The van der Waals surface area contributed by atoms with Gasteiger partial charge in [-0.15, -0.1) is 0 Å². The van der Waals surface area contributed by atoms with Crippen molar-refractivity contribution in [1.29, 1.82) is 0 Å².